The molecule has 0 aromatic carbocycles. The first kappa shape index (κ1) is 7.87. The summed E-state index contributed by atoms with van der Waals surface area (Å²) < 4.78 is 1.69. The van der Waals surface area contributed by atoms with Gasteiger partial charge >= 0.3 is 0 Å². The molecule has 1 aromatic rings. The first-order valence-electron chi connectivity index (χ1n) is 4.08. The molecule has 0 spiro atoms. The van der Waals surface area contributed by atoms with Gasteiger partial charge in [0.15, 0.2) is 0 Å². The molecule has 1 aromatic heterocycles. The van der Waals surface area contributed by atoms with Crippen molar-refractivity contribution < 1.29 is 4.79 Å². The van der Waals surface area contributed by atoms with Crippen LogP contribution in [0.5, 0.6) is 0 Å². The molecular formula is C9H9N3O. The second-order valence-corrected chi connectivity index (χ2v) is 3.13. The average molecular weight is 175 g/mol. The van der Waals surface area contributed by atoms with Gasteiger partial charge in [0, 0.05) is 26.3 Å². The molecule has 66 valence electrons. The highest BCUT2D eigenvalue weighted by Crippen LogP contribution is 2.14. The Morgan fingerprint density at radius 2 is 2.31 bits per heavy atom. The van der Waals surface area contributed by atoms with E-state index in [9.17, 15) is 4.79 Å². The van der Waals surface area contributed by atoms with Gasteiger partial charge in [-0.3, -0.25) is 4.79 Å². The molecule has 1 fully saturated rings. The number of hydrogen-bond donors (Lipinski definition) is 0. The van der Waals surface area contributed by atoms with E-state index < -0.39 is 0 Å². The van der Waals surface area contributed by atoms with E-state index in [1.807, 2.05) is 6.07 Å². The number of hydrogen-bond acceptors (Lipinski definition) is 2. The Labute approximate surface area is 76.0 Å². The molecule has 0 bridgehead atoms. The third-order valence-corrected chi connectivity index (χ3v) is 2.09. The minimum absolute atomic E-state index is 0.0176. The molecule has 1 saturated heterocycles. The maximum atomic E-state index is 11.6. The van der Waals surface area contributed by atoms with E-state index in [1.54, 1.807) is 28.8 Å². The highest BCUT2D eigenvalue weighted by molar-refractivity contribution is 5.94. The van der Waals surface area contributed by atoms with Crippen LogP contribution in [0.3, 0.4) is 0 Å². The van der Waals surface area contributed by atoms with E-state index in [1.165, 1.54) is 0 Å². The van der Waals surface area contributed by atoms with Crippen molar-refractivity contribution >= 4 is 5.91 Å². The molecule has 13 heavy (non-hydrogen) atoms. The van der Waals surface area contributed by atoms with Crippen LogP contribution >= 0.6 is 0 Å². The van der Waals surface area contributed by atoms with Crippen molar-refractivity contribution in [2.45, 2.75) is 0 Å². The summed E-state index contributed by atoms with van der Waals surface area (Å²) in [4.78, 5) is 13.3. The van der Waals surface area contributed by atoms with Gasteiger partial charge in [-0.1, -0.05) is 0 Å². The summed E-state index contributed by atoms with van der Waals surface area (Å²) in [5, 5.41) is 8.62. The van der Waals surface area contributed by atoms with E-state index >= 15 is 0 Å². The smallest absolute Gasteiger partial charge is 0.270 e. The Balaban J connectivity index is 2.34. The SMILES string of the molecule is Cn1cc(C#N)cc1C(=O)N1CC1. The summed E-state index contributed by atoms with van der Waals surface area (Å²) >= 11 is 0. The third-order valence-electron chi connectivity index (χ3n) is 2.09. The standard InChI is InChI=1S/C9H9N3O/c1-11-6-7(5-10)4-8(11)9(13)12-2-3-12/h4,6H,2-3H2,1H3. The van der Waals surface area contributed by atoms with Gasteiger partial charge in [-0.05, 0) is 6.07 Å². The molecule has 0 radical (unpaired) electrons. The summed E-state index contributed by atoms with van der Waals surface area (Å²) in [6.07, 6.45) is 1.66. The number of nitriles is 1. The predicted octanol–water partition coefficient (Wildman–Crippen LogP) is 0.353. The van der Waals surface area contributed by atoms with Gasteiger partial charge in [-0.2, -0.15) is 5.26 Å². The third kappa shape index (κ3) is 1.29. The van der Waals surface area contributed by atoms with E-state index in [0.717, 1.165) is 13.1 Å². The molecule has 0 aliphatic carbocycles. The Morgan fingerprint density at radius 1 is 1.62 bits per heavy atom. The maximum absolute atomic E-state index is 11.6. The van der Waals surface area contributed by atoms with Gasteiger partial charge in [0.2, 0.25) is 0 Å². The second-order valence-electron chi connectivity index (χ2n) is 3.13. The van der Waals surface area contributed by atoms with E-state index in [2.05, 4.69) is 0 Å². The van der Waals surface area contributed by atoms with Crippen molar-refractivity contribution in [2.75, 3.05) is 13.1 Å². The van der Waals surface area contributed by atoms with E-state index in [4.69, 9.17) is 5.26 Å². The lowest BCUT2D eigenvalue weighted by molar-refractivity contribution is 0.0877. The second kappa shape index (κ2) is 2.63. The van der Waals surface area contributed by atoms with Crippen molar-refractivity contribution in [3.63, 3.8) is 0 Å². The van der Waals surface area contributed by atoms with Gasteiger partial charge < -0.3 is 9.47 Å². The number of amides is 1. The highest BCUT2D eigenvalue weighted by atomic mass is 16.2. The van der Waals surface area contributed by atoms with Crippen molar-refractivity contribution in [1.82, 2.24) is 9.47 Å². The van der Waals surface area contributed by atoms with Crippen LogP contribution in [0.2, 0.25) is 0 Å². The van der Waals surface area contributed by atoms with E-state index in [0.29, 0.717) is 11.3 Å². The van der Waals surface area contributed by atoms with Crippen LogP contribution in [0.4, 0.5) is 0 Å². The van der Waals surface area contributed by atoms with Gasteiger partial charge in [0.1, 0.15) is 11.8 Å². The molecule has 2 rings (SSSR count). The van der Waals surface area contributed by atoms with Crippen LogP contribution in [-0.4, -0.2) is 28.5 Å². The number of aryl methyl sites for hydroxylation is 1. The van der Waals surface area contributed by atoms with Crippen molar-refractivity contribution in [3.8, 4) is 6.07 Å². The summed E-state index contributed by atoms with van der Waals surface area (Å²) in [6, 6.07) is 3.64. The van der Waals surface area contributed by atoms with Gasteiger partial charge in [0.05, 0.1) is 5.56 Å². The fourth-order valence-electron chi connectivity index (χ4n) is 1.25. The number of nitrogens with zero attached hydrogens (tertiary/aromatic N) is 3. The topological polar surface area (TPSA) is 48.8 Å². The highest BCUT2D eigenvalue weighted by Gasteiger charge is 2.27. The fourth-order valence-corrected chi connectivity index (χ4v) is 1.25. The molecule has 0 unspecified atom stereocenters. The molecule has 1 amide bonds. The number of aromatic nitrogens is 1. The van der Waals surface area contributed by atoms with Crippen LogP contribution < -0.4 is 0 Å². The average Bonchev–Trinajstić information content (AvgIpc) is 2.89. The largest absolute Gasteiger partial charge is 0.345 e. The number of carbonyl (C=O) groups excluding carboxylic acids is 1. The Kier molecular flexibility index (Phi) is 1.59. The zero-order valence-corrected chi connectivity index (χ0v) is 7.32. The van der Waals surface area contributed by atoms with Gasteiger partial charge in [-0.15, -0.1) is 0 Å². The van der Waals surface area contributed by atoms with Crippen molar-refractivity contribution in [1.29, 1.82) is 5.26 Å². The molecular weight excluding hydrogens is 166 g/mol. The summed E-state index contributed by atoms with van der Waals surface area (Å²) in [5.41, 5.74) is 1.13. The maximum Gasteiger partial charge on any atom is 0.270 e. The summed E-state index contributed by atoms with van der Waals surface area (Å²) in [7, 11) is 1.78. The zero-order chi connectivity index (χ0) is 9.42. The van der Waals surface area contributed by atoms with Gasteiger partial charge in [0.25, 0.3) is 5.91 Å². The minimum Gasteiger partial charge on any atom is -0.345 e. The van der Waals surface area contributed by atoms with Crippen molar-refractivity contribution in [3.05, 3.63) is 23.5 Å². The minimum atomic E-state index is 0.0176. The van der Waals surface area contributed by atoms with Crippen LogP contribution in [-0.2, 0) is 7.05 Å². The first-order valence-corrected chi connectivity index (χ1v) is 4.08. The van der Waals surface area contributed by atoms with Crippen LogP contribution in [0.25, 0.3) is 0 Å². The molecule has 0 N–H and O–H groups in total. The quantitative estimate of drug-likeness (QED) is 0.578. The van der Waals surface area contributed by atoms with E-state index in [-0.39, 0.29) is 5.91 Å². The summed E-state index contributed by atoms with van der Waals surface area (Å²) in [5.74, 6) is 0.0176. The Hall–Kier alpha value is -1.76. The molecule has 1 aliphatic rings. The lowest BCUT2D eigenvalue weighted by Crippen LogP contribution is -2.14. The van der Waals surface area contributed by atoms with Crippen LogP contribution in [0, 0.1) is 11.3 Å². The Bertz CT molecular complexity index is 395. The predicted molar refractivity (Wildman–Crippen MR) is 46.0 cm³/mol. The monoisotopic (exact) mass is 175 g/mol. The zero-order valence-electron chi connectivity index (χ0n) is 7.32. The van der Waals surface area contributed by atoms with Crippen LogP contribution in [0.1, 0.15) is 16.1 Å². The normalized spacial score (nSPS) is 14.0. The molecule has 0 atom stereocenters. The Morgan fingerprint density at radius 3 is 2.77 bits per heavy atom. The van der Waals surface area contributed by atoms with Crippen molar-refractivity contribution in [2.24, 2.45) is 7.05 Å². The first-order chi connectivity index (χ1) is 6.22. The molecule has 2 heterocycles. The lowest BCUT2D eigenvalue weighted by Gasteiger charge is -2.01. The van der Waals surface area contributed by atoms with Crippen LogP contribution in [0.15, 0.2) is 12.3 Å². The lowest BCUT2D eigenvalue weighted by atomic mass is 10.3. The fraction of sp³-hybridized carbons (Fsp3) is 0.333. The molecule has 1 aliphatic heterocycles. The number of rotatable bonds is 1. The van der Waals surface area contributed by atoms with Gasteiger partial charge in [-0.25, -0.2) is 0 Å². The number of carbonyl (C=O) groups is 1. The molecule has 0 saturated carbocycles. The molecule has 4 heteroatoms. The molecule has 4 nitrogen and oxygen atoms in total. The summed E-state index contributed by atoms with van der Waals surface area (Å²) in [6.45, 7) is 1.68.